The minimum absolute atomic E-state index is 0.337. The van der Waals surface area contributed by atoms with Gasteiger partial charge in [-0.15, -0.1) is 0 Å². The van der Waals surface area contributed by atoms with E-state index in [0.29, 0.717) is 12.5 Å². The lowest BCUT2D eigenvalue weighted by molar-refractivity contribution is 0.0520. The molecule has 1 amide bonds. The lowest BCUT2D eigenvalue weighted by Crippen LogP contribution is -2.35. The molecule has 1 rings (SSSR count). The van der Waals surface area contributed by atoms with Crippen molar-refractivity contribution >= 4 is 6.09 Å². The van der Waals surface area contributed by atoms with Gasteiger partial charge in [-0.2, -0.15) is 0 Å². The lowest BCUT2D eigenvalue weighted by atomic mass is 10.1. The average Bonchev–Trinajstić information content (AvgIpc) is 2.92. The molecule has 1 aliphatic heterocycles. The Morgan fingerprint density at radius 1 is 1.36 bits per heavy atom. The molecule has 1 N–H and O–H groups in total. The highest BCUT2D eigenvalue weighted by molar-refractivity contribution is 5.67. The normalized spacial score (nSPS) is 17.4. The molecular formula is C20H39N3O2. The van der Waals surface area contributed by atoms with E-state index in [9.17, 15) is 4.79 Å². The molecule has 0 spiro atoms. The molecule has 0 aromatic rings. The van der Waals surface area contributed by atoms with E-state index in [-0.39, 0.29) is 6.09 Å². The first-order chi connectivity index (χ1) is 11.6. The van der Waals surface area contributed by atoms with Crippen LogP contribution in [0.3, 0.4) is 0 Å². The maximum absolute atomic E-state index is 11.7. The van der Waals surface area contributed by atoms with E-state index in [1.165, 1.54) is 6.42 Å². The Kier molecular flexibility index (Phi) is 11.2. The molecule has 0 bridgehead atoms. The standard InChI is InChI=1S/C17H31N3O2.C3H8/c1-14(8-7-10-19(5)6)20-11-9-15(13-20)12-18-16(21)22-17(2,3)4;1-3-2/h7-8,15H,1,9-13H2,2-6H3,(H,18,21);3H2,1-2H3/b8-7+;. The van der Waals surface area contributed by atoms with Crippen LogP contribution in [-0.2, 0) is 4.74 Å². The number of alkyl carbamates (subject to hydrolysis) is 1. The average molecular weight is 354 g/mol. The van der Waals surface area contributed by atoms with Crippen molar-refractivity contribution in [2.75, 3.05) is 40.3 Å². The number of hydrogen-bond donors (Lipinski definition) is 1. The van der Waals surface area contributed by atoms with Gasteiger partial charge < -0.3 is 19.9 Å². The summed E-state index contributed by atoms with van der Waals surface area (Å²) < 4.78 is 5.25. The van der Waals surface area contributed by atoms with E-state index in [1.54, 1.807) is 0 Å². The number of rotatable bonds is 6. The molecule has 1 atom stereocenters. The molecule has 146 valence electrons. The van der Waals surface area contributed by atoms with Gasteiger partial charge >= 0.3 is 6.09 Å². The molecule has 5 nitrogen and oxygen atoms in total. The third kappa shape index (κ3) is 12.5. The van der Waals surface area contributed by atoms with Gasteiger partial charge in [0, 0.05) is 31.9 Å². The van der Waals surface area contributed by atoms with Crippen LogP contribution in [-0.4, -0.2) is 61.8 Å². The molecule has 0 saturated carbocycles. The highest BCUT2D eigenvalue weighted by atomic mass is 16.6. The number of nitrogens with one attached hydrogen (secondary N) is 1. The van der Waals surface area contributed by atoms with Crippen molar-refractivity contribution in [2.24, 2.45) is 5.92 Å². The fraction of sp³-hybridized carbons (Fsp3) is 0.750. The smallest absolute Gasteiger partial charge is 0.407 e. The second kappa shape index (κ2) is 12.0. The number of likely N-dealkylation sites (tertiary alicyclic amines) is 1. The number of likely N-dealkylation sites (N-methyl/N-ethyl adjacent to an activating group) is 1. The number of carbonyl (C=O) groups is 1. The van der Waals surface area contributed by atoms with Crippen molar-refractivity contribution in [1.82, 2.24) is 15.1 Å². The highest BCUT2D eigenvalue weighted by Crippen LogP contribution is 2.20. The number of ether oxygens (including phenoxy) is 1. The first-order valence-electron chi connectivity index (χ1n) is 9.31. The van der Waals surface area contributed by atoms with Crippen LogP contribution in [0.15, 0.2) is 24.4 Å². The van der Waals surface area contributed by atoms with Gasteiger partial charge in [0.2, 0.25) is 0 Å². The lowest BCUT2D eigenvalue weighted by Gasteiger charge is -2.21. The summed E-state index contributed by atoms with van der Waals surface area (Å²) in [4.78, 5) is 16.0. The minimum atomic E-state index is -0.447. The predicted molar refractivity (Wildman–Crippen MR) is 107 cm³/mol. The van der Waals surface area contributed by atoms with Crippen LogP contribution >= 0.6 is 0 Å². The molecule has 1 heterocycles. The van der Waals surface area contributed by atoms with Crippen LogP contribution in [0.4, 0.5) is 4.79 Å². The maximum Gasteiger partial charge on any atom is 0.407 e. The Morgan fingerprint density at radius 2 is 1.96 bits per heavy atom. The third-order valence-corrected chi connectivity index (χ3v) is 3.41. The van der Waals surface area contributed by atoms with Gasteiger partial charge in [0.1, 0.15) is 5.60 Å². The Hall–Kier alpha value is -1.49. The van der Waals surface area contributed by atoms with Gasteiger partial charge in [-0.25, -0.2) is 4.79 Å². The SMILES string of the molecule is C=C(/C=C/CN(C)C)N1CCC(CNC(=O)OC(C)(C)C)C1.CCC. The number of carbonyl (C=O) groups excluding carboxylic acids is 1. The van der Waals surface area contributed by atoms with Gasteiger partial charge in [0.05, 0.1) is 0 Å². The molecule has 0 aromatic carbocycles. The van der Waals surface area contributed by atoms with Crippen molar-refractivity contribution < 1.29 is 9.53 Å². The Labute approximate surface area is 155 Å². The van der Waals surface area contributed by atoms with E-state index in [1.807, 2.05) is 34.9 Å². The molecule has 1 aliphatic rings. The van der Waals surface area contributed by atoms with Crippen molar-refractivity contribution in [2.45, 2.75) is 53.1 Å². The molecule has 1 saturated heterocycles. The molecule has 1 fully saturated rings. The first kappa shape index (κ1) is 23.5. The van der Waals surface area contributed by atoms with E-state index < -0.39 is 5.60 Å². The summed E-state index contributed by atoms with van der Waals surface area (Å²) in [6.07, 6.45) is 6.17. The second-order valence-electron chi connectivity index (χ2n) is 7.85. The molecule has 0 aliphatic carbocycles. The number of amides is 1. The molecule has 1 unspecified atom stereocenters. The summed E-state index contributed by atoms with van der Waals surface area (Å²) in [6.45, 7) is 17.5. The highest BCUT2D eigenvalue weighted by Gasteiger charge is 2.24. The summed E-state index contributed by atoms with van der Waals surface area (Å²) in [5, 5.41) is 2.86. The van der Waals surface area contributed by atoms with Crippen LogP contribution in [0.1, 0.15) is 47.5 Å². The first-order valence-corrected chi connectivity index (χ1v) is 9.31. The monoisotopic (exact) mass is 353 g/mol. The number of hydrogen-bond acceptors (Lipinski definition) is 4. The summed E-state index contributed by atoms with van der Waals surface area (Å²) >= 11 is 0. The fourth-order valence-electron chi connectivity index (χ4n) is 2.31. The molecule has 5 heteroatoms. The third-order valence-electron chi connectivity index (χ3n) is 3.41. The summed E-state index contributed by atoms with van der Waals surface area (Å²) in [7, 11) is 4.09. The van der Waals surface area contributed by atoms with Gasteiger partial charge in [-0.3, -0.25) is 0 Å². The molecule has 0 radical (unpaired) electrons. The largest absolute Gasteiger partial charge is 0.444 e. The van der Waals surface area contributed by atoms with E-state index in [0.717, 1.165) is 31.8 Å². The van der Waals surface area contributed by atoms with Crippen LogP contribution in [0, 0.1) is 5.92 Å². The zero-order chi connectivity index (χ0) is 19.5. The van der Waals surface area contributed by atoms with Gasteiger partial charge in [-0.1, -0.05) is 32.9 Å². The van der Waals surface area contributed by atoms with Crippen molar-refractivity contribution in [3.63, 3.8) is 0 Å². The Bertz CT molecular complexity index is 425. The zero-order valence-electron chi connectivity index (χ0n) is 17.4. The van der Waals surface area contributed by atoms with E-state index in [2.05, 4.69) is 47.7 Å². The predicted octanol–water partition coefficient (Wildman–Crippen LogP) is 3.88. The summed E-state index contributed by atoms with van der Waals surface area (Å²) in [6, 6.07) is 0. The van der Waals surface area contributed by atoms with Gasteiger partial charge in [0.25, 0.3) is 0 Å². The maximum atomic E-state index is 11.7. The van der Waals surface area contributed by atoms with Crippen molar-refractivity contribution in [3.05, 3.63) is 24.4 Å². The zero-order valence-corrected chi connectivity index (χ0v) is 17.4. The summed E-state index contributed by atoms with van der Waals surface area (Å²) in [5.74, 6) is 0.450. The van der Waals surface area contributed by atoms with Crippen LogP contribution in [0.5, 0.6) is 0 Å². The topological polar surface area (TPSA) is 44.8 Å². The Balaban J connectivity index is 0.00000178. The second-order valence-corrected chi connectivity index (χ2v) is 7.85. The van der Waals surface area contributed by atoms with Crippen LogP contribution in [0.25, 0.3) is 0 Å². The van der Waals surface area contributed by atoms with E-state index in [4.69, 9.17) is 4.74 Å². The van der Waals surface area contributed by atoms with Crippen LogP contribution < -0.4 is 5.32 Å². The van der Waals surface area contributed by atoms with Crippen molar-refractivity contribution in [1.29, 1.82) is 0 Å². The van der Waals surface area contributed by atoms with E-state index >= 15 is 0 Å². The molecular weight excluding hydrogens is 314 g/mol. The van der Waals surface area contributed by atoms with Gasteiger partial charge in [0.15, 0.2) is 0 Å². The number of allylic oxidation sites excluding steroid dienone is 1. The number of nitrogens with zero attached hydrogens (tertiary/aromatic N) is 2. The molecule has 25 heavy (non-hydrogen) atoms. The van der Waals surface area contributed by atoms with Crippen LogP contribution in [0.2, 0.25) is 0 Å². The fourth-order valence-corrected chi connectivity index (χ4v) is 2.31. The minimum Gasteiger partial charge on any atom is -0.444 e. The quantitative estimate of drug-likeness (QED) is 0.736. The summed E-state index contributed by atoms with van der Waals surface area (Å²) in [5.41, 5.74) is 0.596. The molecule has 0 aromatic heterocycles. The van der Waals surface area contributed by atoms with Crippen molar-refractivity contribution in [3.8, 4) is 0 Å². The van der Waals surface area contributed by atoms with Gasteiger partial charge in [-0.05, 0) is 53.3 Å². The Morgan fingerprint density at radius 3 is 2.48 bits per heavy atom.